The van der Waals surface area contributed by atoms with E-state index in [0.29, 0.717) is 10.9 Å². The van der Waals surface area contributed by atoms with E-state index in [1.165, 1.54) is 11.3 Å². The van der Waals surface area contributed by atoms with Crippen molar-refractivity contribution in [3.05, 3.63) is 52.0 Å². The first-order chi connectivity index (χ1) is 9.16. The lowest BCUT2D eigenvalue weighted by atomic mass is 10.2. The highest BCUT2D eigenvalue weighted by molar-refractivity contribution is 7.11. The molecule has 0 spiro atoms. The molecule has 0 aliphatic heterocycles. The molecule has 0 aliphatic rings. The van der Waals surface area contributed by atoms with Crippen LogP contribution in [0.1, 0.15) is 40.8 Å². The van der Waals surface area contributed by atoms with Gasteiger partial charge in [0.25, 0.3) is 5.91 Å². The lowest BCUT2D eigenvalue weighted by Crippen LogP contribution is -2.17. The highest BCUT2D eigenvalue weighted by Gasteiger charge is 2.11. The quantitative estimate of drug-likeness (QED) is 0.687. The van der Waals surface area contributed by atoms with Crippen LogP contribution in [0.4, 0.5) is 0 Å². The Morgan fingerprint density at radius 3 is 2.74 bits per heavy atom. The Labute approximate surface area is 116 Å². The minimum absolute atomic E-state index is 0.274. The summed E-state index contributed by atoms with van der Waals surface area (Å²) in [6.07, 6.45) is 1.61. The molecule has 2 aromatic rings. The number of hydrogen-bond donors (Lipinski definition) is 1. The Kier molecular flexibility index (Phi) is 4.41. The zero-order valence-corrected chi connectivity index (χ0v) is 11.6. The van der Waals surface area contributed by atoms with Gasteiger partial charge in [0.15, 0.2) is 5.01 Å². The van der Waals surface area contributed by atoms with E-state index in [1.807, 2.05) is 49.6 Å². The maximum Gasteiger partial charge on any atom is 0.300 e. The first kappa shape index (κ1) is 13.4. The molecule has 0 atom stereocenters. The highest BCUT2D eigenvalue weighted by Crippen LogP contribution is 2.17. The molecule has 5 heteroatoms. The first-order valence-corrected chi connectivity index (χ1v) is 6.88. The summed E-state index contributed by atoms with van der Waals surface area (Å²) < 4.78 is 0. The summed E-state index contributed by atoms with van der Waals surface area (Å²) in [7, 11) is 0. The summed E-state index contributed by atoms with van der Waals surface area (Å²) in [5.41, 5.74) is 4.35. The van der Waals surface area contributed by atoms with E-state index in [-0.39, 0.29) is 5.91 Å². The van der Waals surface area contributed by atoms with Crippen molar-refractivity contribution in [1.82, 2.24) is 10.4 Å². The fourth-order valence-electron chi connectivity index (χ4n) is 1.41. The third kappa shape index (κ3) is 3.72. The van der Waals surface area contributed by atoms with Crippen molar-refractivity contribution in [2.24, 2.45) is 5.10 Å². The third-order valence-electron chi connectivity index (χ3n) is 2.49. The smallest absolute Gasteiger partial charge is 0.265 e. The summed E-state index contributed by atoms with van der Waals surface area (Å²) in [5.74, 6) is 0.0506. The van der Waals surface area contributed by atoms with Gasteiger partial charge in [-0.1, -0.05) is 44.2 Å². The maximum absolute atomic E-state index is 11.8. The molecule has 1 aromatic heterocycles. The molecule has 19 heavy (non-hydrogen) atoms. The number of benzene rings is 1. The number of nitrogens with zero attached hydrogens (tertiary/aromatic N) is 2. The molecule has 0 fully saturated rings. The van der Waals surface area contributed by atoms with Gasteiger partial charge in [0.05, 0.1) is 11.9 Å². The fraction of sp³-hybridized carbons (Fsp3) is 0.214. The van der Waals surface area contributed by atoms with Gasteiger partial charge in [-0.05, 0) is 11.5 Å². The molecule has 2 rings (SSSR count). The number of hydrazone groups is 1. The minimum Gasteiger partial charge on any atom is -0.265 e. The van der Waals surface area contributed by atoms with Gasteiger partial charge in [-0.2, -0.15) is 5.10 Å². The number of nitrogens with one attached hydrogen (secondary N) is 1. The van der Waals surface area contributed by atoms with Crippen LogP contribution in [-0.4, -0.2) is 17.1 Å². The second-order valence-corrected chi connectivity index (χ2v) is 5.20. The Hall–Kier alpha value is -2.01. The lowest BCUT2D eigenvalue weighted by molar-refractivity contribution is 0.0954. The van der Waals surface area contributed by atoms with Gasteiger partial charge in [-0.15, -0.1) is 11.3 Å². The molecule has 0 bridgehead atoms. The second-order valence-electron chi connectivity index (χ2n) is 4.34. The normalized spacial score (nSPS) is 11.1. The van der Waals surface area contributed by atoms with Gasteiger partial charge in [0.1, 0.15) is 0 Å². The topological polar surface area (TPSA) is 54.4 Å². The van der Waals surface area contributed by atoms with Crippen molar-refractivity contribution in [3.63, 3.8) is 0 Å². The predicted molar refractivity (Wildman–Crippen MR) is 77.7 cm³/mol. The fourth-order valence-corrected chi connectivity index (χ4v) is 2.28. The van der Waals surface area contributed by atoms with Gasteiger partial charge >= 0.3 is 0 Å². The average Bonchev–Trinajstić information content (AvgIpc) is 2.89. The number of carbonyl (C=O) groups excluding carboxylic acids is 1. The van der Waals surface area contributed by atoms with Crippen LogP contribution in [0.25, 0.3) is 0 Å². The van der Waals surface area contributed by atoms with Crippen LogP contribution in [0.2, 0.25) is 0 Å². The van der Waals surface area contributed by atoms with Crippen LogP contribution in [0.15, 0.2) is 40.8 Å². The maximum atomic E-state index is 11.8. The second kappa shape index (κ2) is 6.24. The number of thiazole rings is 1. The molecule has 0 saturated carbocycles. The zero-order chi connectivity index (χ0) is 13.7. The number of aromatic nitrogens is 1. The first-order valence-electron chi connectivity index (χ1n) is 6.00. The average molecular weight is 273 g/mol. The Morgan fingerprint density at radius 2 is 2.11 bits per heavy atom. The summed E-state index contributed by atoms with van der Waals surface area (Å²) in [6.45, 7) is 4.09. The van der Waals surface area contributed by atoms with Crippen molar-refractivity contribution in [1.29, 1.82) is 0 Å². The summed E-state index contributed by atoms with van der Waals surface area (Å²) in [5, 5.41) is 6.26. The standard InChI is InChI=1S/C14H15N3OS/c1-10(2)12-9-19-14(16-12)13(18)17-15-8-11-6-4-3-5-7-11/h3-10H,1-2H3,(H,17,18)/b15-8+. The van der Waals surface area contributed by atoms with Crippen LogP contribution < -0.4 is 5.43 Å². The van der Waals surface area contributed by atoms with Crippen molar-refractivity contribution < 1.29 is 4.79 Å². The highest BCUT2D eigenvalue weighted by atomic mass is 32.1. The van der Waals surface area contributed by atoms with Crippen molar-refractivity contribution in [3.8, 4) is 0 Å². The van der Waals surface area contributed by atoms with Gasteiger partial charge in [0.2, 0.25) is 0 Å². The minimum atomic E-state index is -0.274. The Bertz CT molecular complexity index is 575. The molecule has 1 heterocycles. The molecule has 1 N–H and O–H groups in total. The van der Waals surface area contributed by atoms with Gasteiger partial charge in [-0.25, -0.2) is 10.4 Å². The molecule has 98 valence electrons. The van der Waals surface area contributed by atoms with E-state index < -0.39 is 0 Å². The van der Waals surface area contributed by atoms with Crippen LogP contribution in [0.3, 0.4) is 0 Å². The monoisotopic (exact) mass is 273 g/mol. The van der Waals surface area contributed by atoms with Crippen molar-refractivity contribution in [2.75, 3.05) is 0 Å². The van der Waals surface area contributed by atoms with E-state index in [2.05, 4.69) is 15.5 Å². The number of hydrogen-bond acceptors (Lipinski definition) is 4. The molecule has 4 nitrogen and oxygen atoms in total. The van der Waals surface area contributed by atoms with Crippen LogP contribution >= 0.6 is 11.3 Å². The van der Waals surface area contributed by atoms with E-state index in [9.17, 15) is 4.79 Å². The predicted octanol–water partition coefficient (Wildman–Crippen LogP) is 3.03. The molecular formula is C14H15N3OS. The largest absolute Gasteiger partial charge is 0.300 e. The number of rotatable bonds is 4. The van der Waals surface area contributed by atoms with Crippen LogP contribution in [0, 0.1) is 0 Å². The van der Waals surface area contributed by atoms with E-state index in [4.69, 9.17) is 0 Å². The van der Waals surface area contributed by atoms with Crippen molar-refractivity contribution >= 4 is 23.5 Å². The van der Waals surface area contributed by atoms with Crippen molar-refractivity contribution in [2.45, 2.75) is 19.8 Å². The molecule has 1 aromatic carbocycles. The molecular weight excluding hydrogens is 258 g/mol. The summed E-state index contributed by atoms with van der Waals surface area (Å²) in [6, 6.07) is 9.59. The Morgan fingerprint density at radius 1 is 1.37 bits per heavy atom. The Balaban J connectivity index is 1.96. The SMILES string of the molecule is CC(C)c1csc(C(=O)N/N=C/c2ccccc2)n1. The molecule has 0 unspecified atom stereocenters. The van der Waals surface area contributed by atoms with E-state index in [1.54, 1.807) is 6.21 Å². The van der Waals surface area contributed by atoms with Gasteiger partial charge in [-0.3, -0.25) is 4.79 Å². The van der Waals surface area contributed by atoms with E-state index >= 15 is 0 Å². The van der Waals surface area contributed by atoms with E-state index in [0.717, 1.165) is 11.3 Å². The number of carbonyl (C=O) groups is 1. The molecule has 0 radical (unpaired) electrons. The van der Waals surface area contributed by atoms with Gasteiger partial charge < -0.3 is 0 Å². The van der Waals surface area contributed by atoms with Crippen LogP contribution in [-0.2, 0) is 0 Å². The summed E-state index contributed by atoms with van der Waals surface area (Å²) in [4.78, 5) is 16.1. The molecule has 0 saturated heterocycles. The van der Waals surface area contributed by atoms with Gasteiger partial charge in [0, 0.05) is 5.38 Å². The molecule has 0 aliphatic carbocycles. The summed E-state index contributed by atoms with van der Waals surface area (Å²) >= 11 is 1.34. The van der Waals surface area contributed by atoms with Crippen LogP contribution in [0.5, 0.6) is 0 Å². The molecule has 1 amide bonds. The number of amides is 1. The zero-order valence-electron chi connectivity index (χ0n) is 10.8. The third-order valence-corrected chi connectivity index (χ3v) is 3.35. The lowest BCUT2D eigenvalue weighted by Gasteiger charge is -1.97.